The Morgan fingerprint density at radius 3 is 2.81 bits per heavy atom. The summed E-state index contributed by atoms with van der Waals surface area (Å²) in [6.45, 7) is 2.05. The molecule has 2 aromatic rings. The number of hydrogen-bond acceptors (Lipinski definition) is 5. The van der Waals surface area contributed by atoms with E-state index in [4.69, 9.17) is 15.0 Å². The first-order valence-corrected chi connectivity index (χ1v) is 7.39. The van der Waals surface area contributed by atoms with Crippen LogP contribution in [-0.4, -0.2) is 17.3 Å². The lowest BCUT2D eigenvalue weighted by Crippen LogP contribution is -2.34. The molecule has 1 atom stereocenters. The lowest BCUT2D eigenvalue weighted by Gasteiger charge is -2.17. The van der Waals surface area contributed by atoms with Gasteiger partial charge in [-0.1, -0.05) is 30.1 Å². The van der Waals surface area contributed by atoms with Crippen LogP contribution in [0.25, 0.3) is 0 Å². The molecule has 0 saturated heterocycles. The van der Waals surface area contributed by atoms with E-state index in [2.05, 4.69) is 10.1 Å². The summed E-state index contributed by atoms with van der Waals surface area (Å²) in [5, 5.41) is 4.12. The maximum absolute atomic E-state index is 6.37. The van der Waals surface area contributed by atoms with E-state index in [9.17, 15) is 0 Å². The second-order valence-electron chi connectivity index (χ2n) is 5.82. The van der Waals surface area contributed by atoms with Gasteiger partial charge in [0.25, 0.3) is 0 Å². The Hall–Kier alpha value is -1.88. The predicted octanol–water partition coefficient (Wildman–Crippen LogP) is 2.96. The van der Waals surface area contributed by atoms with E-state index in [0.29, 0.717) is 11.7 Å². The Kier molecular flexibility index (Phi) is 3.68. The Bertz CT molecular complexity index is 617. The normalized spacial score (nSPS) is 18.6. The maximum atomic E-state index is 6.37. The van der Waals surface area contributed by atoms with Gasteiger partial charge in [-0.15, -0.1) is 0 Å². The van der Waals surface area contributed by atoms with E-state index in [1.54, 1.807) is 7.11 Å². The van der Waals surface area contributed by atoms with Crippen LogP contribution in [0.3, 0.4) is 0 Å². The van der Waals surface area contributed by atoms with Crippen LogP contribution in [-0.2, 0) is 5.54 Å². The zero-order valence-electron chi connectivity index (χ0n) is 12.5. The van der Waals surface area contributed by atoms with Crippen molar-refractivity contribution in [3.05, 3.63) is 41.5 Å². The van der Waals surface area contributed by atoms with E-state index in [-0.39, 0.29) is 5.92 Å². The second kappa shape index (κ2) is 5.48. The molecule has 1 aliphatic rings. The smallest absolute Gasteiger partial charge is 0.233 e. The summed E-state index contributed by atoms with van der Waals surface area (Å²) in [5.74, 6) is 2.09. The summed E-state index contributed by atoms with van der Waals surface area (Å²) in [6, 6.07) is 7.90. The summed E-state index contributed by atoms with van der Waals surface area (Å²) in [5.41, 5.74) is 7.05. The Morgan fingerprint density at radius 1 is 1.33 bits per heavy atom. The highest BCUT2D eigenvalue weighted by Gasteiger charge is 2.36. The molecule has 0 bridgehead atoms. The zero-order chi connectivity index (χ0) is 14.9. The van der Waals surface area contributed by atoms with Gasteiger partial charge in [0.2, 0.25) is 5.89 Å². The fourth-order valence-electron chi connectivity index (χ4n) is 2.90. The van der Waals surface area contributed by atoms with Crippen LogP contribution in [0, 0.1) is 0 Å². The predicted molar refractivity (Wildman–Crippen MR) is 79.1 cm³/mol. The fraction of sp³-hybridized carbons (Fsp3) is 0.500. The number of benzene rings is 1. The minimum Gasteiger partial charge on any atom is -0.497 e. The Balaban J connectivity index is 1.85. The lowest BCUT2D eigenvalue weighted by atomic mass is 9.98. The maximum Gasteiger partial charge on any atom is 0.233 e. The van der Waals surface area contributed by atoms with Crippen molar-refractivity contribution < 1.29 is 9.26 Å². The third kappa shape index (κ3) is 2.65. The first-order valence-electron chi connectivity index (χ1n) is 7.39. The summed E-state index contributed by atoms with van der Waals surface area (Å²) in [7, 11) is 1.66. The topological polar surface area (TPSA) is 74.2 Å². The number of methoxy groups -OCH3 is 1. The molecule has 1 aliphatic carbocycles. The average Bonchev–Trinajstić information content (AvgIpc) is 3.16. The highest BCUT2D eigenvalue weighted by molar-refractivity contribution is 5.32. The van der Waals surface area contributed by atoms with Gasteiger partial charge in [0.1, 0.15) is 5.75 Å². The molecule has 1 unspecified atom stereocenters. The van der Waals surface area contributed by atoms with Gasteiger partial charge >= 0.3 is 0 Å². The molecule has 1 fully saturated rings. The molecule has 1 heterocycles. The van der Waals surface area contributed by atoms with Crippen molar-refractivity contribution in [2.24, 2.45) is 5.73 Å². The zero-order valence-corrected chi connectivity index (χ0v) is 12.5. The molecule has 0 spiro atoms. The first-order chi connectivity index (χ1) is 10.1. The number of ether oxygens (including phenoxy) is 1. The van der Waals surface area contributed by atoms with Crippen LogP contribution in [0.2, 0.25) is 0 Å². The molecule has 1 saturated carbocycles. The molecule has 2 N–H and O–H groups in total. The number of hydrogen-bond donors (Lipinski definition) is 1. The standard InChI is InChI=1S/C16H21N3O2/c1-11(12-6-5-7-13(10-12)20-2)14-18-15(19-21-14)16(17)8-3-4-9-16/h5-7,10-11H,3-4,8-9,17H2,1-2H3. The van der Waals surface area contributed by atoms with E-state index in [0.717, 1.165) is 37.0 Å². The molecule has 0 radical (unpaired) electrons. The van der Waals surface area contributed by atoms with Crippen molar-refractivity contribution in [3.8, 4) is 5.75 Å². The highest BCUT2D eigenvalue weighted by Crippen LogP contribution is 2.35. The van der Waals surface area contributed by atoms with Crippen LogP contribution in [0.1, 0.15) is 55.8 Å². The van der Waals surface area contributed by atoms with Gasteiger partial charge in [-0.25, -0.2) is 0 Å². The summed E-state index contributed by atoms with van der Waals surface area (Å²) in [4.78, 5) is 4.55. The quantitative estimate of drug-likeness (QED) is 0.935. The minimum atomic E-state index is -0.407. The van der Waals surface area contributed by atoms with Crippen LogP contribution >= 0.6 is 0 Å². The molecule has 112 valence electrons. The molecular formula is C16H21N3O2. The third-order valence-electron chi connectivity index (χ3n) is 4.35. The van der Waals surface area contributed by atoms with Crippen LogP contribution in [0.4, 0.5) is 0 Å². The first kappa shape index (κ1) is 14.1. The van der Waals surface area contributed by atoms with Crippen LogP contribution < -0.4 is 10.5 Å². The molecule has 1 aromatic carbocycles. The van der Waals surface area contributed by atoms with Gasteiger partial charge in [-0.3, -0.25) is 0 Å². The number of rotatable bonds is 4. The van der Waals surface area contributed by atoms with Gasteiger partial charge in [0.15, 0.2) is 5.82 Å². The van der Waals surface area contributed by atoms with E-state index in [1.807, 2.05) is 31.2 Å². The number of aromatic nitrogens is 2. The van der Waals surface area contributed by atoms with Gasteiger partial charge in [0.05, 0.1) is 18.6 Å². The molecule has 1 aromatic heterocycles. The van der Waals surface area contributed by atoms with Gasteiger partial charge in [0, 0.05) is 0 Å². The lowest BCUT2D eigenvalue weighted by molar-refractivity contribution is 0.343. The number of nitrogens with two attached hydrogens (primary N) is 1. The van der Waals surface area contributed by atoms with Crippen LogP contribution in [0.5, 0.6) is 5.75 Å². The average molecular weight is 287 g/mol. The monoisotopic (exact) mass is 287 g/mol. The molecule has 5 nitrogen and oxygen atoms in total. The summed E-state index contributed by atoms with van der Waals surface area (Å²) < 4.78 is 10.7. The molecule has 21 heavy (non-hydrogen) atoms. The van der Waals surface area contributed by atoms with Crippen molar-refractivity contribution in [3.63, 3.8) is 0 Å². The Morgan fingerprint density at radius 2 is 2.10 bits per heavy atom. The SMILES string of the molecule is COc1cccc(C(C)c2nc(C3(N)CCCC3)no2)c1. The van der Waals surface area contributed by atoms with Crippen molar-refractivity contribution in [1.29, 1.82) is 0 Å². The van der Waals surface area contributed by atoms with Gasteiger partial charge < -0.3 is 15.0 Å². The number of nitrogens with zero attached hydrogens (tertiary/aromatic N) is 2. The summed E-state index contributed by atoms with van der Waals surface area (Å²) >= 11 is 0. The van der Waals surface area contributed by atoms with E-state index < -0.39 is 5.54 Å². The highest BCUT2D eigenvalue weighted by atomic mass is 16.5. The van der Waals surface area contributed by atoms with Gasteiger partial charge in [-0.05, 0) is 37.5 Å². The van der Waals surface area contributed by atoms with Crippen molar-refractivity contribution >= 4 is 0 Å². The summed E-state index contributed by atoms with van der Waals surface area (Å²) in [6.07, 6.45) is 4.12. The molecular weight excluding hydrogens is 266 g/mol. The molecule has 3 rings (SSSR count). The Labute approximate surface area is 124 Å². The van der Waals surface area contributed by atoms with E-state index in [1.165, 1.54) is 0 Å². The largest absolute Gasteiger partial charge is 0.497 e. The molecule has 0 aliphatic heterocycles. The van der Waals surface area contributed by atoms with Crippen LogP contribution in [0.15, 0.2) is 28.8 Å². The fourth-order valence-corrected chi connectivity index (χ4v) is 2.90. The van der Waals surface area contributed by atoms with Crippen molar-refractivity contribution in [2.45, 2.75) is 44.1 Å². The van der Waals surface area contributed by atoms with Crippen molar-refractivity contribution in [2.75, 3.05) is 7.11 Å². The molecule has 0 amide bonds. The second-order valence-corrected chi connectivity index (χ2v) is 5.82. The van der Waals surface area contributed by atoms with Crippen molar-refractivity contribution in [1.82, 2.24) is 10.1 Å². The third-order valence-corrected chi connectivity index (χ3v) is 4.35. The van der Waals surface area contributed by atoms with Gasteiger partial charge in [-0.2, -0.15) is 4.98 Å². The molecule has 5 heteroatoms. The minimum absolute atomic E-state index is 0.0198. The van der Waals surface area contributed by atoms with E-state index >= 15 is 0 Å².